The Hall–Kier alpha value is -2.56. The number of nitriles is 1. The molecular weight excluding hydrogens is 286 g/mol. The Kier molecular flexibility index (Phi) is 5.14. The second kappa shape index (κ2) is 6.47. The van der Waals surface area contributed by atoms with Gasteiger partial charge in [-0.05, 0) is 34.6 Å². The molecule has 0 aliphatic heterocycles. The van der Waals surface area contributed by atoms with Gasteiger partial charge in [0, 0.05) is 23.7 Å². The van der Waals surface area contributed by atoms with E-state index in [2.05, 4.69) is 20.6 Å². The van der Waals surface area contributed by atoms with Crippen LogP contribution in [0.3, 0.4) is 0 Å². The quantitative estimate of drug-likeness (QED) is 0.714. The number of carbonyl (C=O) groups excluding carboxylic acids is 1. The molecule has 0 radical (unpaired) electrons. The molecule has 1 rings (SSSR count). The Morgan fingerprint density at radius 2 is 2.09 bits per heavy atom. The molecule has 0 bridgehead atoms. The van der Waals surface area contributed by atoms with E-state index in [1.807, 2.05) is 13.8 Å². The van der Waals surface area contributed by atoms with Gasteiger partial charge in [-0.2, -0.15) is 5.26 Å². The maximum absolute atomic E-state index is 12.0. The van der Waals surface area contributed by atoms with E-state index in [0.29, 0.717) is 12.1 Å². The van der Waals surface area contributed by atoms with Crippen LogP contribution in [0, 0.1) is 18.4 Å². The van der Waals surface area contributed by atoms with Gasteiger partial charge in [-0.3, -0.25) is 15.1 Å². The number of aromatic amines is 1. The van der Waals surface area contributed by atoms with Gasteiger partial charge in [-0.1, -0.05) is 0 Å². The van der Waals surface area contributed by atoms with Crippen LogP contribution >= 0.6 is 0 Å². The van der Waals surface area contributed by atoms with Crippen LogP contribution in [-0.4, -0.2) is 27.1 Å². The van der Waals surface area contributed by atoms with Crippen molar-refractivity contribution >= 4 is 12.0 Å². The fourth-order valence-corrected chi connectivity index (χ4v) is 2.35. The fraction of sp³-hybridized carbons (Fsp3) is 0.571. The van der Waals surface area contributed by atoms with Gasteiger partial charge in [0.15, 0.2) is 0 Å². The Bertz CT molecular complexity index is 643. The summed E-state index contributed by atoms with van der Waals surface area (Å²) in [5, 5.41) is 13.8. The number of hydrogen-bond donors (Lipinski definition) is 3. The number of aryl methyl sites for hydroxylation is 1. The van der Waals surface area contributed by atoms with Crippen LogP contribution < -0.4 is 16.2 Å². The number of aromatic nitrogens is 2. The van der Waals surface area contributed by atoms with Crippen molar-refractivity contribution in [3.05, 3.63) is 22.1 Å². The van der Waals surface area contributed by atoms with E-state index in [0.717, 1.165) is 0 Å². The zero-order valence-corrected chi connectivity index (χ0v) is 13.4. The summed E-state index contributed by atoms with van der Waals surface area (Å²) in [4.78, 5) is 29.8. The van der Waals surface area contributed by atoms with Gasteiger partial charge >= 0.3 is 6.03 Å². The van der Waals surface area contributed by atoms with Crippen LogP contribution in [0.2, 0.25) is 0 Å². The van der Waals surface area contributed by atoms with Gasteiger partial charge in [0.05, 0.1) is 0 Å². The SMILES string of the molecule is Cc1cc(=O)[nH]c(NC(=O)NC(C)(C)CC(C)(C)OC#N)n1. The van der Waals surface area contributed by atoms with Crippen molar-refractivity contribution < 1.29 is 9.53 Å². The van der Waals surface area contributed by atoms with Gasteiger partial charge in [-0.15, -0.1) is 0 Å². The van der Waals surface area contributed by atoms with Crippen molar-refractivity contribution in [2.24, 2.45) is 0 Å². The first-order valence-corrected chi connectivity index (χ1v) is 6.77. The summed E-state index contributed by atoms with van der Waals surface area (Å²) in [6.45, 7) is 8.79. The van der Waals surface area contributed by atoms with Gasteiger partial charge < -0.3 is 10.1 Å². The summed E-state index contributed by atoms with van der Waals surface area (Å²) < 4.78 is 4.97. The first kappa shape index (κ1) is 17.5. The highest BCUT2D eigenvalue weighted by Gasteiger charge is 2.31. The van der Waals surface area contributed by atoms with Crippen LogP contribution in [0.5, 0.6) is 0 Å². The Morgan fingerprint density at radius 1 is 1.45 bits per heavy atom. The minimum absolute atomic E-state index is 0.0748. The Balaban J connectivity index is 2.71. The Morgan fingerprint density at radius 3 is 2.64 bits per heavy atom. The topological polar surface area (TPSA) is 120 Å². The summed E-state index contributed by atoms with van der Waals surface area (Å²) in [5.41, 5.74) is -1.18. The van der Waals surface area contributed by atoms with E-state index in [4.69, 9.17) is 10.00 Å². The molecule has 1 heterocycles. The molecule has 0 saturated carbocycles. The molecule has 1 aromatic heterocycles. The number of H-pyrrole nitrogens is 1. The average Bonchev–Trinajstić information content (AvgIpc) is 2.23. The predicted molar refractivity (Wildman–Crippen MR) is 81.2 cm³/mol. The average molecular weight is 307 g/mol. The lowest BCUT2D eigenvalue weighted by Gasteiger charge is -2.33. The van der Waals surface area contributed by atoms with Gasteiger partial charge in [0.1, 0.15) is 5.60 Å². The number of ether oxygens (including phenoxy) is 1. The zero-order valence-electron chi connectivity index (χ0n) is 13.4. The summed E-state index contributed by atoms with van der Waals surface area (Å²) >= 11 is 0. The number of hydrogen-bond acceptors (Lipinski definition) is 5. The van der Waals surface area contributed by atoms with Crippen molar-refractivity contribution in [1.82, 2.24) is 15.3 Å². The molecule has 0 saturated heterocycles. The monoisotopic (exact) mass is 307 g/mol. The molecule has 0 fully saturated rings. The van der Waals surface area contributed by atoms with Crippen molar-refractivity contribution in [1.29, 1.82) is 5.26 Å². The lowest BCUT2D eigenvalue weighted by atomic mass is 9.89. The third-order valence-electron chi connectivity index (χ3n) is 2.74. The van der Waals surface area contributed by atoms with Crippen molar-refractivity contribution in [3.63, 3.8) is 0 Å². The molecule has 2 amide bonds. The van der Waals surface area contributed by atoms with E-state index < -0.39 is 17.2 Å². The molecule has 0 atom stereocenters. The van der Waals surface area contributed by atoms with Crippen LogP contribution in [0.25, 0.3) is 0 Å². The smallest absolute Gasteiger partial charge is 0.321 e. The molecule has 0 unspecified atom stereocenters. The van der Waals surface area contributed by atoms with Crippen molar-refractivity contribution in [2.45, 2.75) is 52.2 Å². The highest BCUT2D eigenvalue weighted by Crippen LogP contribution is 2.23. The largest absolute Gasteiger partial charge is 0.421 e. The number of rotatable bonds is 5. The second-order valence-electron chi connectivity index (χ2n) is 6.33. The van der Waals surface area contributed by atoms with Crippen LogP contribution in [0.15, 0.2) is 10.9 Å². The Labute approximate surface area is 128 Å². The molecule has 0 spiro atoms. The maximum Gasteiger partial charge on any atom is 0.321 e. The van der Waals surface area contributed by atoms with E-state index in [-0.39, 0.29) is 11.5 Å². The minimum Gasteiger partial charge on any atom is -0.421 e. The third-order valence-corrected chi connectivity index (χ3v) is 2.74. The van der Waals surface area contributed by atoms with Gasteiger partial charge in [0.25, 0.3) is 11.8 Å². The molecule has 1 aromatic rings. The van der Waals surface area contributed by atoms with E-state index >= 15 is 0 Å². The summed E-state index contributed by atoms with van der Waals surface area (Å²) in [7, 11) is 0. The zero-order chi connectivity index (χ0) is 17.0. The normalized spacial score (nSPS) is 11.5. The molecule has 8 heteroatoms. The number of nitrogens with zero attached hydrogens (tertiary/aromatic N) is 2. The highest BCUT2D eigenvalue weighted by molar-refractivity contribution is 5.87. The highest BCUT2D eigenvalue weighted by atomic mass is 16.5. The molecule has 8 nitrogen and oxygen atoms in total. The van der Waals surface area contributed by atoms with Crippen LogP contribution in [0.1, 0.15) is 39.8 Å². The molecule has 22 heavy (non-hydrogen) atoms. The molecule has 0 aliphatic rings. The van der Waals surface area contributed by atoms with Gasteiger partial charge in [-0.25, -0.2) is 9.78 Å². The number of amides is 2. The van der Waals surface area contributed by atoms with Crippen LogP contribution in [-0.2, 0) is 4.74 Å². The second-order valence-corrected chi connectivity index (χ2v) is 6.33. The van der Waals surface area contributed by atoms with Crippen molar-refractivity contribution in [3.8, 4) is 6.26 Å². The number of anilines is 1. The molecule has 3 N–H and O–H groups in total. The molecular formula is C14H21N5O3. The number of urea groups is 1. The first-order chi connectivity index (χ1) is 10.0. The van der Waals surface area contributed by atoms with E-state index in [1.54, 1.807) is 27.0 Å². The van der Waals surface area contributed by atoms with E-state index in [1.165, 1.54) is 6.07 Å². The minimum atomic E-state index is -0.707. The lowest BCUT2D eigenvalue weighted by Crippen LogP contribution is -2.49. The standard InChI is InChI=1S/C14H21N5O3/c1-9-6-10(20)17-11(16-9)18-12(21)19-13(2,3)7-14(4,5)22-8-15/h6H,7H2,1-5H3,(H3,16,17,18,19,20,21). The number of nitrogens with one attached hydrogen (secondary N) is 3. The summed E-state index contributed by atoms with van der Waals surface area (Å²) in [6.07, 6.45) is 2.07. The molecule has 0 aromatic carbocycles. The lowest BCUT2D eigenvalue weighted by molar-refractivity contribution is 0.0410. The maximum atomic E-state index is 12.0. The molecule has 0 aliphatic carbocycles. The fourth-order valence-electron chi connectivity index (χ4n) is 2.35. The van der Waals surface area contributed by atoms with Gasteiger partial charge in [0.2, 0.25) is 5.95 Å². The third kappa shape index (κ3) is 5.83. The first-order valence-electron chi connectivity index (χ1n) is 6.77. The molecule has 120 valence electrons. The number of carbonyl (C=O) groups is 1. The van der Waals surface area contributed by atoms with Crippen molar-refractivity contribution in [2.75, 3.05) is 5.32 Å². The predicted octanol–water partition coefficient (Wildman–Crippen LogP) is 1.64. The van der Waals surface area contributed by atoms with Crippen LogP contribution in [0.4, 0.5) is 10.7 Å². The van der Waals surface area contributed by atoms with E-state index in [9.17, 15) is 9.59 Å². The summed E-state index contributed by atoms with van der Waals surface area (Å²) in [5.74, 6) is 0.0748. The summed E-state index contributed by atoms with van der Waals surface area (Å²) in [6, 6.07) is 0.820.